The molecule has 1 fully saturated rings. The monoisotopic (exact) mass is 265 g/mol. The van der Waals surface area contributed by atoms with E-state index in [1.165, 1.54) is 0 Å². The summed E-state index contributed by atoms with van der Waals surface area (Å²) in [6, 6.07) is -0.382. The van der Waals surface area contributed by atoms with Gasteiger partial charge in [-0.1, -0.05) is 0 Å². The van der Waals surface area contributed by atoms with Crippen LogP contribution in [-0.4, -0.2) is 34.7 Å². The van der Waals surface area contributed by atoms with Crippen LogP contribution in [-0.2, 0) is 16.1 Å². The predicted molar refractivity (Wildman–Crippen MR) is 71.2 cm³/mol. The smallest absolute Gasteiger partial charge is 0.328 e. The summed E-state index contributed by atoms with van der Waals surface area (Å²) in [7, 11) is 0. The van der Waals surface area contributed by atoms with Crippen molar-refractivity contribution in [1.29, 1.82) is 0 Å². The number of hydrogen-bond donors (Lipinski definition) is 0. The number of rotatable bonds is 4. The van der Waals surface area contributed by atoms with Gasteiger partial charge in [-0.25, -0.2) is 9.78 Å². The molecule has 0 N–H and O–H groups in total. The van der Waals surface area contributed by atoms with Gasteiger partial charge in [-0.15, -0.1) is 0 Å². The molecule has 0 bridgehead atoms. The molecule has 1 aromatic rings. The van der Waals surface area contributed by atoms with Gasteiger partial charge in [-0.2, -0.15) is 0 Å². The first kappa shape index (κ1) is 13.6. The van der Waals surface area contributed by atoms with Crippen LogP contribution < -0.4 is 10.5 Å². The van der Waals surface area contributed by atoms with E-state index in [0.29, 0.717) is 31.9 Å². The highest BCUT2D eigenvalue weighted by Crippen LogP contribution is 2.22. The maximum absolute atomic E-state index is 12.2. The zero-order chi connectivity index (χ0) is 13.8. The molecule has 0 amide bonds. The number of carbonyl (C=O) groups excluding carboxylic acids is 1. The van der Waals surface area contributed by atoms with E-state index in [-0.39, 0.29) is 17.6 Å². The number of aromatic nitrogens is 2. The fraction of sp³-hybridized carbons (Fsp3) is 0.615. The molecule has 2 rings (SSSR count). The minimum absolute atomic E-state index is 0.152. The molecule has 1 aliphatic rings. The molecule has 1 aromatic heterocycles. The van der Waals surface area contributed by atoms with Gasteiger partial charge in [0.25, 0.3) is 5.56 Å². The Morgan fingerprint density at radius 1 is 1.53 bits per heavy atom. The van der Waals surface area contributed by atoms with Gasteiger partial charge in [-0.3, -0.25) is 4.79 Å². The van der Waals surface area contributed by atoms with Crippen LogP contribution in [0.3, 0.4) is 0 Å². The van der Waals surface area contributed by atoms with E-state index in [2.05, 4.69) is 4.98 Å². The van der Waals surface area contributed by atoms with Crippen molar-refractivity contribution in [2.24, 2.45) is 0 Å². The molecule has 19 heavy (non-hydrogen) atoms. The Kier molecular flexibility index (Phi) is 4.19. The molecule has 0 saturated carbocycles. The summed E-state index contributed by atoms with van der Waals surface area (Å²) >= 11 is 0. The normalized spacial score (nSPS) is 18.6. The molecule has 0 radical (unpaired) electrons. The molecule has 1 unspecified atom stereocenters. The first-order chi connectivity index (χ1) is 9.19. The fourth-order valence-corrected chi connectivity index (χ4v) is 2.39. The lowest BCUT2D eigenvalue weighted by Gasteiger charge is -2.23. The third-order valence-corrected chi connectivity index (χ3v) is 3.32. The minimum Gasteiger partial charge on any atom is -0.464 e. The van der Waals surface area contributed by atoms with Crippen molar-refractivity contribution in [1.82, 2.24) is 9.55 Å². The number of aryl methyl sites for hydroxylation is 1. The molecule has 104 valence electrons. The van der Waals surface area contributed by atoms with Gasteiger partial charge in [0.2, 0.25) is 0 Å². The molecular formula is C13H19N3O3. The maximum Gasteiger partial charge on any atom is 0.328 e. The summed E-state index contributed by atoms with van der Waals surface area (Å²) < 4.78 is 6.64. The van der Waals surface area contributed by atoms with Gasteiger partial charge in [0.1, 0.15) is 6.04 Å². The van der Waals surface area contributed by atoms with Crippen LogP contribution in [0.5, 0.6) is 0 Å². The van der Waals surface area contributed by atoms with Crippen LogP contribution in [0.25, 0.3) is 0 Å². The highest BCUT2D eigenvalue weighted by Gasteiger charge is 2.34. The van der Waals surface area contributed by atoms with Gasteiger partial charge in [0, 0.05) is 25.5 Å². The van der Waals surface area contributed by atoms with E-state index in [0.717, 1.165) is 6.42 Å². The summed E-state index contributed by atoms with van der Waals surface area (Å²) in [5, 5.41) is 0. The molecule has 6 nitrogen and oxygen atoms in total. The van der Waals surface area contributed by atoms with E-state index in [1.54, 1.807) is 28.8 Å². The number of anilines is 1. The van der Waals surface area contributed by atoms with Crippen molar-refractivity contribution in [3.63, 3.8) is 0 Å². The fourth-order valence-electron chi connectivity index (χ4n) is 2.39. The highest BCUT2D eigenvalue weighted by atomic mass is 16.5. The van der Waals surface area contributed by atoms with Crippen molar-refractivity contribution >= 4 is 11.8 Å². The summed E-state index contributed by atoms with van der Waals surface area (Å²) in [6.07, 6.45) is 4.83. The van der Waals surface area contributed by atoms with Crippen LogP contribution in [0.4, 0.5) is 5.82 Å². The van der Waals surface area contributed by atoms with E-state index in [1.807, 2.05) is 6.92 Å². The van der Waals surface area contributed by atoms with Crippen molar-refractivity contribution < 1.29 is 9.53 Å². The standard InChI is InChI=1S/C13H19N3O3/c1-3-15-9-7-14-11(12(15)17)16-8-5-6-10(16)13(18)19-4-2/h7,9-10H,3-6,8H2,1-2H3. The average molecular weight is 265 g/mol. The Morgan fingerprint density at radius 3 is 3.00 bits per heavy atom. The van der Waals surface area contributed by atoms with Gasteiger partial charge in [0.15, 0.2) is 5.82 Å². The Labute approximate surface area is 112 Å². The minimum atomic E-state index is -0.382. The summed E-state index contributed by atoms with van der Waals surface area (Å²) in [5.74, 6) is 0.0769. The summed E-state index contributed by atoms with van der Waals surface area (Å²) in [5.41, 5.74) is -0.152. The lowest BCUT2D eigenvalue weighted by molar-refractivity contribution is -0.144. The summed E-state index contributed by atoms with van der Waals surface area (Å²) in [4.78, 5) is 30.0. The quantitative estimate of drug-likeness (QED) is 0.753. The second kappa shape index (κ2) is 5.86. The molecule has 1 atom stereocenters. The molecule has 6 heteroatoms. The van der Waals surface area contributed by atoms with Crippen molar-refractivity contribution in [3.05, 3.63) is 22.7 Å². The number of hydrogen-bond acceptors (Lipinski definition) is 5. The van der Waals surface area contributed by atoms with Crippen LogP contribution in [0.15, 0.2) is 17.2 Å². The van der Waals surface area contributed by atoms with Crippen molar-refractivity contribution in [2.75, 3.05) is 18.1 Å². The van der Waals surface area contributed by atoms with Crippen LogP contribution in [0.1, 0.15) is 26.7 Å². The number of ether oxygens (including phenoxy) is 1. The Bertz CT molecular complexity index is 512. The molecule has 0 spiro atoms. The molecule has 0 aliphatic carbocycles. The number of esters is 1. The van der Waals surface area contributed by atoms with Gasteiger partial charge in [0.05, 0.1) is 6.61 Å². The molecule has 1 aliphatic heterocycles. The lowest BCUT2D eigenvalue weighted by Crippen LogP contribution is -2.41. The Balaban J connectivity index is 2.30. The molecule has 2 heterocycles. The first-order valence-corrected chi connectivity index (χ1v) is 6.67. The van der Waals surface area contributed by atoms with Crippen molar-refractivity contribution in [2.45, 2.75) is 39.3 Å². The Hall–Kier alpha value is -1.85. The van der Waals surface area contributed by atoms with E-state index in [9.17, 15) is 9.59 Å². The van der Waals surface area contributed by atoms with E-state index in [4.69, 9.17) is 4.74 Å². The number of carbonyl (C=O) groups is 1. The molecule has 1 saturated heterocycles. The zero-order valence-electron chi connectivity index (χ0n) is 11.3. The van der Waals surface area contributed by atoms with E-state index >= 15 is 0 Å². The second-order valence-electron chi connectivity index (χ2n) is 4.45. The molecule has 0 aromatic carbocycles. The topological polar surface area (TPSA) is 64.4 Å². The first-order valence-electron chi connectivity index (χ1n) is 6.67. The van der Waals surface area contributed by atoms with Gasteiger partial charge < -0.3 is 14.2 Å². The predicted octanol–water partition coefficient (Wildman–Crippen LogP) is 0.795. The van der Waals surface area contributed by atoms with Gasteiger partial charge in [-0.05, 0) is 26.7 Å². The zero-order valence-corrected chi connectivity index (χ0v) is 11.3. The van der Waals surface area contributed by atoms with Gasteiger partial charge >= 0.3 is 5.97 Å². The van der Waals surface area contributed by atoms with Crippen LogP contribution in [0, 0.1) is 0 Å². The van der Waals surface area contributed by atoms with E-state index < -0.39 is 0 Å². The lowest BCUT2D eigenvalue weighted by atomic mass is 10.2. The molecular weight excluding hydrogens is 246 g/mol. The third kappa shape index (κ3) is 2.62. The Morgan fingerprint density at radius 2 is 2.32 bits per heavy atom. The number of nitrogens with zero attached hydrogens (tertiary/aromatic N) is 3. The second-order valence-corrected chi connectivity index (χ2v) is 4.45. The SMILES string of the molecule is CCOC(=O)C1CCCN1c1nccn(CC)c1=O. The van der Waals surface area contributed by atoms with Crippen molar-refractivity contribution in [3.8, 4) is 0 Å². The summed E-state index contributed by atoms with van der Waals surface area (Å²) in [6.45, 7) is 5.29. The largest absolute Gasteiger partial charge is 0.464 e. The highest BCUT2D eigenvalue weighted by molar-refractivity contribution is 5.80. The maximum atomic E-state index is 12.2. The van der Waals surface area contributed by atoms with Crippen LogP contribution in [0.2, 0.25) is 0 Å². The average Bonchev–Trinajstić information content (AvgIpc) is 2.88. The third-order valence-electron chi connectivity index (χ3n) is 3.32. The van der Waals surface area contributed by atoms with Crippen LogP contribution >= 0.6 is 0 Å².